The van der Waals surface area contributed by atoms with Crippen LogP contribution in [0.25, 0.3) is 11.0 Å². The first-order chi connectivity index (χ1) is 13.3. The molecule has 1 N–H and O–H groups in total. The molecule has 0 bridgehead atoms. The third-order valence-corrected chi connectivity index (χ3v) is 5.03. The van der Waals surface area contributed by atoms with Gasteiger partial charge in [-0.3, -0.25) is 4.79 Å². The van der Waals surface area contributed by atoms with E-state index in [1.807, 2.05) is 6.07 Å². The summed E-state index contributed by atoms with van der Waals surface area (Å²) in [7, 11) is 0. The third-order valence-electron chi connectivity index (χ3n) is 5.03. The summed E-state index contributed by atoms with van der Waals surface area (Å²) in [6, 6.07) is 8.38. The molecule has 0 aliphatic heterocycles. The van der Waals surface area contributed by atoms with E-state index in [1.165, 1.54) is 63.0 Å². The number of aromatic nitrogens is 2. The van der Waals surface area contributed by atoms with Crippen molar-refractivity contribution in [2.24, 2.45) is 0 Å². The molecule has 148 valence electrons. The lowest BCUT2D eigenvalue weighted by molar-refractivity contribution is -0.116. The fraction of sp³-hybridized carbons (Fsp3) is 0.565. The lowest BCUT2D eigenvalue weighted by atomic mass is 10.1. The van der Waals surface area contributed by atoms with Gasteiger partial charge in [0.1, 0.15) is 5.82 Å². The molecule has 0 atom stereocenters. The fourth-order valence-corrected chi connectivity index (χ4v) is 3.50. The van der Waals surface area contributed by atoms with Crippen LogP contribution < -0.4 is 5.32 Å². The Morgan fingerprint density at radius 2 is 1.78 bits per heavy atom. The summed E-state index contributed by atoms with van der Waals surface area (Å²) in [6.45, 7) is 7.44. The number of rotatable bonds is 14. The summed E-state index contributed by atoms with van der Waals surface area (Å²) in [4.78, 5) is 16.1. The number of para-hydroxylation sites is 2. The molecule has 2 rings (SSSR count). The van der Waals surface area contributed by atoms with E-state index >= 15 is 0 Å². The molecule has 4 nitrogen and oxygen atoms in total. The maximum atomic E-state index is 11.3. The van der Waals surface area contributed by atoms with Crippen molar-refractivity contribution in [3.63, 3.8) is 0 Å². The first-order valence-corrected chi connectivity index (χ1v) is 10.6. The molecule has 0 aliphatic rings. The molecular formula is C23H35N3O. The van der Waals surface area contributed by atoms with E-state index in [0.29, 0.717) is 6.54 Å². The Bertz CT molecular complexity index is 705. The molecular weight excluding hydrogens is 334 g/mol. The molecule has 1 aromatic carbocycles. The van der Waals surface area contributed by atoms with Crippen LogP contribution in [0.1, 0.15) is 70.5 Å². The Balaban J connectivity index is 1.84. The highest BCUT2D eigenvalue weighted by molar-refractivity contribution is 5.86. The van der Waals surface area contributed by atoms with Crippen molar-refractivity contribution in [1.82, 2.24) is 14.9 Å². The van der Waals surface area contributed by atoms with E-state index in [0.717, 1.165) is 30.7 Å². The van der Waals surface area contributed by atoms with Gasteiger partial charge < -0.3 is 9.88 Å². The highest BCUT2D eigenvalue weighted by atomic mass is 16.1. The Kier molecular flexibility index (Phi) is 9.67. The van der Waals surface area contributed by atoms with Crippen LogP contribution in [0.5, 0.6) is 0 Å². The molecule has 0 unspecified atom stereocenters. The van der Waals surface area contributed by atoms with Gasteiger partial charge in [-0.1, -0.05) is 70.6 Å². The molecule has 0 aliphatic carbocycles. The lowest BCUT2D eigenvalue weighted by Crippen LogP contribution is -2.22. The van der Waals surface area contributed by atoms with Crippen molar-refractivity contribution >= 4 is 16.9 Å². The fourth-order valence-electron chi connectivity index (χ4n) is 3.50. The van der Waals surface area contributed by atoms with Crippen molar-refractivity contribution in [2.45, 2.75) is 77.7 Å². The number of carbonyl (C=O) groups excluding carboxylic acids is 1. The zero-order chi connectivity index (χ0) is 19.3. The number of amides is 1. The SMILES string of the molecule is C=CC(=O)NCCCc1nc2ccccc2n1CCCCCCCCCC. The molecule has 2 aromatic rings. The minimum absolute atomic E-state index is 0.109. The van der Waals surface area contributed by atoms with E-state index in [4.69, 9.17) is 4.98 Å². The van der Waals surface area contributed by atoms with Gasteiger partial charge >= 0.3 is 0 Å². The number of hydrogen-bond donors (Lipinski definition) is 1. The van der Waals surface area contributed by atoms with Gasteiger partial charge in [-0.25, -0.2) is 4.98 Å². The average Bonchev–Trinajstić information content (AvgIpc) is 3.04. The Morgan fingerprint density at radius 3 is 2.52 bits per heavy atom. The maximum Gasteiger partial charge on any atom is 0.243 e. The third kappa shape index (κ3) is 7.20. The quantitative estimate of drug-likeness (QED) is 0.357. The minimum atomic E-state index is -0.109. The number of hydrogen-bond acceptors (Lipinski definition) is 2. The summed E-state index contributed by atoms with van der Waals surface area (Å²) in [5, 5.41) is 2.84. The van der Waals surface area contributed by atoms with Crippen LogP contribution >= 0.6 is 0 Å². The molecule has 0 spiro atoms. The molecule has 1 aromatic heterocycles. The maximum absolute atomic E-state index is 11.3. The van der Waals surface area contributed by atoms with Crippen LogP contribution in [0.4, 0.5) is 0 Å². The molecule has 1 amide bonds. The van der Waals surface area contributed by atoms with Crippen LogP contribution in [0.3, 0.4) is 0 Å². The van der Waals surface area contributed by atoms with Gasteiger partial charge in [-0.05, 0) is 31.1 Å². The second-order valence-electron chi connectivity index (χ2n) is 7.24. The van der Waals surface area contributed by atoms with Gasteiger partial charge in [-0.15, -0.1) is 0 Å². The molecule has 27 heavy (non-hydrogen) atoms. The molecule has 0 radical (unpaired) electrons. The molecule has 1 heterocycles. The second kappa shape index (κ2) is 12.3. The number of nitrogens with one attached hydrogen (secondary N) is 1. The largest absolute Gasteiger partial charge is 0.353 e. The lowest BCUT2D eigenvalue weighted by Gasteiger charge is -2.10. The second-order valence-corrected chi connectivity index (χ2v) is 7.24. The zero-order valence-electron chi connectivity index (χ0n) is 16.9. The topological polar surface area (TPSA) is 46.9 Å². The van der Waals surface area contributed by atoms with Crippen LogP contribution in [-0.4, -0.2) is 22.0 Å². The number of nitrogens with zero attached hydrogens (tertiary/aromatic N) is 2. The minimum Gasteiger partial charge on any atom is -0.353 e. The number of aryl methyl sites for hydroxylation is 2. The summed E-state index contributed by atoms with van der Waals surface area (Å²) in [5.41, 5.74) is 2.30. The Morgan fingerprint density at radius 1 is 1.07 bits per heavy atom. The zero-order valence-corrected chi connectivity index (χ0v) is 16.9. The summed E-state index contributed by atoms with van der Waals surface area (Å²) in [6.07, 6.45) is 13.7. The van der Waals surface area contributed by atoms with Gasteiger partial charge in [0, 0.05) is 19.5 Å². The van der Waals surface area contributed by atoms with Crippen LogP contribution in [0.2, 0.25) is 0 Å². The van der Waals surface area contributed by atoms with Gasteiger partial charge in [0.15, 0.2) is 0 Å². The molecule has 0 saturated heterocycles. The molecule has 0 fully saturated rings. The van der Waals surface area contributed by atoms with Crippen molar-refractivity contribution in [3.8, 4) is 0 Å². The normalized spacial score (nSPS) is 11.0. The standard InChI is InChI=1S/C23H35N3O/c1-3-5-6-7-8-9-10-13-19-26-21-16-12-11-15-20(21)25-22(26)17-14-18-24-23(27)4-2/h4,11-12,15-16H,2-3,5-10,13-14,17-19H2,1H3,(H,24,27). The molecule has 4 heteroatoms. The van der Waals surface area contributed by atoms with E-state index < -0.39 is 0 Å². The van der Waals surface area contributed by atoms with Crippen LogP contribution in [0.15, 0.2) is 36.9 Å². The van der Waals surface area contributed by atoms with E-state index in [-0.39, 0.29) is 5.91 Å². The van der Waals surface area contributed by atoms with Crippen LogP contribution in [0, 0.1) is 0 Å². The van der Waals surface area contributed by atoms with Gasteiger partial charge in [-0.2, -0.15) is 0 Å². The predicted octanol–water partition coefficient (Wildman–Crippen LogP) is 5.41. The molecule has 0 saturated carbocycles. The van der Waals surface area contributed by atoms with E-state index in [1.54, 1.807) is 0 Å². The number of unbranched alkanes of at least 4 members (excludes halogenated alkanes) is 7. The summed E-state index contributed by atoms with van der Waals surface area (Å²) >= 11 is 0. The van der Waals surface area contributed by atoms with Gasteiger partial charge in [0.25, 0.3) is 0 Å². The van der Waals surface area contributed by atoms with Crippen molar-refractivity contribution in [1.29, 1.82) is 0 Å². The summed E-state index contributed by atoms with van der Waals surface area (Å²) < 4.78 is 2.38. The first kappa shape index (κ1) is 21.2. The van der Waals surface area contributed by atoms with Gasteiger partial charge in [0.05, 0.1) is 11.0 Å². The van der Waals surface area contributed by atoms with Gasteiger partial charge in [0.2, 0.25) is 5.91 Å². The predicted molar refractivity (Wildman–Crippen MR) is 114 cm³/mol. The Labute approximate surface area is 164 Å². The number of carbonyl (C=O) groups is 1. The average molecular weight is 370 g/mol. The monoisotopic (exact) mass is 369 g/mol. The van der Waals surface area contributed by atoms with E-state index in [9.17, 15) is 4.79 Å². The number of fused-ring (bicyclic) bond motifs is 1. The smallest absolute Gasteiger partial charge is 0.243 e. The summed E-state index contributed by atoms with van der Waals surface area (Å²) in [5.74, 6) is 1.02. The van der Waals surface area contributed by atoms with Crippen LogP contribution in [-0.2, 0) is 17.8 Å². The van der Waals surface area contributed by atoms with Crippen molar-refractivity contribution < 1.29 is 4.79 Å². The number of benzene rings is 1. The van der Waals surface area contributed by atoms with Crippen molar-refractivity contribution in [2.75, 3.05) is 6.54 Å². The Hall–Kier alpha value is -2.10. The first-order valence-electron chi connectivity index (χ1n) is 10.6. The number of imidazole rings is 1. The van der Waals surface area contributed by atoms with Crippen molar-refractivity contribution in [3.05, 3.63) is 42.7 Å². The highest BCUT2D eigenvalue weighted by Gasteiger charge is 2.10. The highest BCUT2D eigenvalue weighted by Crippen LogP contribution is 2.19. The van der Waals surface area contributed by atoms with E-state index in [2.05, 4.69) is 41.6 Å².